The maximum atomic E-state index is 12.3. The molecule has 1 aromatic rings. The molecule has 0 saturated carbocycles. The number of ether oxygens (including phenoxy) is 2. The molecule has 0 bridgehead atoms. The van der Waals surface area contributed by atoms with E-state index in [0.29, 0.717) is 31.9 Å². The number of rotatable bonds is 8. The van der Waals surface area contributed by atoms with Crippen molar-refractivity contribution in [2.45, 2.75) is 26.8 Å². The predicted molar refractivity (Wildman–Crippen MR) is 107 cm³/mol. The van der Waals surface area contributed by atoms with Gasteiger partial charge in [0.2, 0.25) is 0 Å². The molecule has 0 aliphatic carbocycles. The average Bonchev–Trinajstić information content (AvgIpc) is 2.70. The van der Waals surface area contributed by atoms with Crippen LogP contribution in [0.2, 0.25) is 0 Å². The highest BCUT2D eigenvalue weighted by Crippen LogP contribution is 2.28. The maximum absolute atomic E-state index is 12.3. The zero-order chi connectivity index (χ0) is 21.4. The van der Waals surface area contributed by atoms with Gasteiger partial charge in [-0.2, -0.15) is 0 Å². The second kappa shape index (κ2) is 10.5. The lowest BCUT2D eigenvalue weighted by Crippen LogP contribution is -2.48. The number of hydrogen-bond acceptors (Lipinski definition) is 6. The molecule has 9 heteroatoms. The van der Waals surface area contributed by atoms with Crippen molar-refractivity contribution in [2.75, 3.05) is 44.3 Å². The molecule has 2 amide bonds. The fraction of sp³-hybridized carbons (Fsp3) is 0.550. The number of nitrogens with zero attached hydrogens (tertiary/aromatic N) is 2. The number of amides is 2. The molecule has 160 valence electrons. The lowest BCUT2D eigenvalue weighted by atomic mass is 10.0. The van der Waals surface area contributed by atoms with Gasteiger partial charge in [-0.3, -0.25) is 4.79 Å². The van der Waals surface area contributed by atoms with Crippen LogP contribution in [0.5, 0.6) is 5.75 Å². The molecule has 29 heavy (non-hydrogen) atoms. The van der Waals surface area contributed by atoms with Crippen LogP contribution in [0.1, 0.15) is 20.8 Å². The molecule has 1 atom stereocenters. The third kappa shape index (κ3) is 6.27. The molecule has 0 radical (unpaired) electrons. The van der Waals surface area contributed by atoms with E-state index in [1.165, 1.54) is 4.90 Å². The maximum Gasteiger partial charge on any atom is 0.407 e. The van der Waals surface area contributed by atoms with Gasteiger partial charge in [0, 0.05) is 26.2 Å². The van der Waals surface area contributed by atoms with Gasteiger partial charge in [0.15, 0.2) is 6.61 Å². The first kappa shape index (κ1) is 22.3. The zero-order valence-electron chi connectivity index (χ0n) is 17.1. The molecular weight excluding hydrogens is 378 g/mol. The number of piperazine rings is 1. The summed E-state index contributed by atoms with van der Waals surface area (Å²) in [6.07, 6.45) is -0.924. The van der Waals surface area contributed by atoms with Crippen molar-refractivity contribution in [3.63, 3.8) is 0 Å². The van der Waals surface area contributed by atoms with Crippen molar-refractivity contribution in [3.05, 3.63) is 24.3 Å². The van der Waals surface area contributed by atoms with Crippen LogP contribution in [0.15, 0.2) is 24.3 Å². The van der Waals surface area contributed by atoms with Crippen LogP contribution in [0.4, 0.5) is 10.5 Å². The Hall–Kier alpha value is -2.97. The summed E-state index contributed by atoms with van der Waals surface area (Å²) >= 11 is 0. The monoisotopic (exact) mass is 407 g/mol. The van der Waals surface area contributed by atoms with Crippen molar-refractivity contribution in [3.8, 4) is 5.75 Å². The average molecular weight is 407 g/mol. The fourth-order valence-electron chi connectivity index (χ4n) is 3.07. The van der Waals surface area contributed by atoms with Crippen LogP contribution < -0.4 is 15.0 Å². The SMILES string of the molecule is CCOC(=O)C(NC(=O)COc1ccccc1N1CCN(C(=O)O)CC1)C(C)C. The van der Waals surface area contributed by atoms with Crippen molar-refractivity contribution in [2.24, 2.45) is 5.92 Å². The number of carboxylic acid groups (broad SMARTS) is 1. The van der Waals surface area contributed by atoms with E-state index in [9.17, 15) is 14.4 Å². The van der Waals surface area contributed by atoms with Crippen LogP contribution in [0, 0.1) is 5.92 Å². The van der Waals surface area contributed by atoms with Crippen molar-refractivity contribution < 1.29 is 29.0 Å². The van der Waals surface area contributed by atoms with E-state index in [1.807, 2.05) is 30.9 Å². The van der Waals surface area contributed by atoms with E-state index in [0.717, 1.165) is 5.69 Å². The quantitative estimate of drug-likeness (QED) is 0.630. The van der Waals surface area contributed by atoms with E-state index >= 15 is 0 Å². The Kier molecular flexibility index (Phi) is 8.11. The molecule has 1 aromatic carbocycles. The number of carbonyl (C=O) groups excluding carboxylic acids is 2. The number of nitrogens with one attached hydrogen (secondary N) is 1. The summed E-state index contributed by atoms with van der Waals surface area (Å²) in [5, 5.41) is 11.7. The Morgan fingerprint density at radius 1 is 1.14 bits per heavy atom. The topological polar surface area (TPSA) is 108 Å². The number of para-hydroxylation sites is 2. The first-order valence-corrected chi connectivity index (χ1v) is 9.74. The number of carbonyl (C=O) groups is 3. The van der Waals surface area contributed by atoms with E-state index < -0.39 is 24.0 Å². The first-order chi connectivity index (χ1) is 13.8. The van der Waals surface area contributed by atoms with Crippen LogP contribution in [0.3, 0.4) is 0 Å². The molecule has 1 saturated heterocycles. The van der Waals surface area contributed by atoms with Gasteiger partial charge in [-0.05, 0) is 25.0 Å². The van der Waals surface area contributed by atoms with E-state index in [1.54, 1.807) is 19.1 Å². The molecular formula is C20H29N3O6. The van der Waals surface area contributed by atoms with Crippen LogP contribution >= 0.6 is 0 Å². The molecule has 1 aliphatic heterocycles. The van der Waals surface area contributed by atoms with Crippen LogP contribution in [-0.2, 0) is 14.3 Å². The largest absolute Gasteiger partial charge is 0.482 e. The summed E-state index contributed by atoms with van der Waals surface area (Å²) in [5.41, 5.74) is 0.802. The molecule has 9 nitrogen and oxygen atoms in total. The van der Waals surface area contributed by atoms with Gasteiger partial charge in [-0.15, -0.1) is 0 Å². The number of benzene rings is 1. The Labute approximate surface area is 170 Å². The first-order valence-electron chi connectivity index (χ1n) is 9.74. The predicted octanol–water partition coefficient (Wildman–Crippen LogP) is 1.57. The number of hydrogen-bond donors (Lipinski definition) is 2. The number of anilines is 1. The van der Waals surface area contributed by atoms with Gasteiger partial charge in [-0.1, -0.05) is 26.0 Å². The lowest BCUT2D eigenvalue weighted by Gasteiger charge is -2.35. The summed E-state index contributed by atoms with van der Waals surface area (Å²) in [6.45, 7) is 7.26. The third-order valence-electron chi connectivity index (χ3n) is 4.64. The van der Waals surface area contributed by atoms with Gasteiger partial charge in [0.25, 0.3) is 5.91 Å². The fourth-order valence-corrected chi connectivity index (χ4v) is 3.07. The smallest absolute Gasteiger partial charge is 0.407 e. The van der Waals surface area contributed by atoms with Gasteiger partial charge in [0.1, 0.15) is 11.8 Å². The Bertz CT molecular complexity index is 716. The summed E-state index contributed by atoms with van der Waals surface area (Å²) < 4.78 is 10.7. The summed E-state index contributed by atoms with van der Waals surface area (Å²) in [5.74, 6) is -0.464. The molecule has 0 aromatic heterocycles. The van der Waals surface area contributed by atoms with Crippen molar-refractivity contribution in [1.29, 1.82) is 0 Å². The number of esters is 1. The standard InChI is InChI=1S/C20H29N3O6/c1-4-28-19(25)18(14(2)3)21-17(24)13-29-16-8-6-5-7-15(16)22-9-11-23(12-10-22)20(26)27/h5-8,14,18H,4,9-13H2,1-3H3,(H,21,24)(H,26,27). The van der Waals surface area contributed by atoms with E-state index in [4.69, 9.17) is 14.6 Å². The molecule has 2 rings (SSSR count). The second-order valence-electron chi connectivity index (χ2n) is 7.05. The van der Waals surface area contributed by atoms with Gasteiger partial charge in [-0.25, -0.2) is 9.59 Å². The Balaban J connectivity index is 1.96. The van der Waals surface area contributed by atoms with Crippen LogP contribution in [-0.4, -0.2) is 73.4 Å². The lowest BCUT2D eigenvalue weighted by molar-refractivity contribution is -0.148. The minimum Gasteiger partial charge on any atom is -0.482 e. The van der Waals surface area contributed by atoms with Crippen molar-refractivity contribution in [1.82, 2.24) is 10.2 Å². The van der Waals surface area contributed by atoms with E-state index in [2.05, 4.69) is 5.32 Å². The molecule has 1 aliphatic rings. The Morgan fingerprint density at radius 3 is 2.38 bits per heavy atom. The second-order valence-corrected chi connectivity index (χ2v) is 7.05. The van der Waals surface area contributed by atoms with Gasteiger partial charge < -0.3 is 29.7 Å². The molecule has 2 N–H and O–H groups in total. The highest BCUT2D eigenvalue weighted by molar-refractivity contribution is 5.85. The minimum atomic E-state index is -0.924. The normalized spacial score (nSPS) is 15.0. The van der Waals surface area contributed by atoms with Gasteiger partial charge >= 0.3 is 12.1 Å². The molecule has 1 heterocycles. The molecule has 1 fully saturated rings. The summed E-state index contributed by atoms with van der Waals surface area (Å²) in [7, 11) is 0. The third-order valence-corrected chi connectivity index (χ3v) is 4.64. The Morgan fingerprint density at radius 2 is 1.79 bits per heavy atom. The summed E-state index contributed by atoms with van der Waals surface area (Å²) in [6, 6.07) is 6.57. The van der Waals surface area contributed by atoms with Crippen molar-refractivity contribution >= 4 is 23.7 Å². The van der Waals surface area contributed by atoms with Crippen LogP contribution in [0.25, 0.3) is 0 Å². The minimum absolute atomic E-state index is 0.115. The van der Waals surface area contributed by atoms with Gasteiger partial charge in [0.05, 0.1) is 12.3 Å². The highest BCUT2D eigenvalue weighted by Gasteiger charge is 2.26. The highest BCUT2D eigenvalue weighted by atomic mass is 16.5. The zero-order valence-corrected chi connectivity index (χ0v) is 17.1. The molecule has 1 unspecified atom stereocenters. The summed E-state index contributed by atoms with van der Waals surface area (Å²) in [4.78, 5) is 38.8. The molecule has 0 spiro atoms. The van der Waals surface area contributed by atoms with E-state index in [-0.39, 0.29) is 19.1 Å².